The second-order valence-corrected chi connectivity index (χ2v) is 8.97. The van der Waals surface area contributed by atoms with Crippen LogP contribution in [0.3, 0.4) is 0 Å². The minimum absolute atomic E-state index is 0.506. The van der Waals surface area contributed by atoms with Crippen molar-refractivity contribution in [3.8, 4) is 0 Å². The molecule has 0 fully saturated rings. The van der Waals surface area contributed by atoms with E-state index < -0.39 is 22.1 Å². The summed E-state index contributed by atoms with van der Waals surface area (Å²) in [6.07, 6.45) is 1.08. The van der Waals surface area contributed by atoms with Gasteiger partial charge < -0.3 is 10.5 Å². The van der Waals surface area contributed by atoms with E-state index in [1.54, 1.807) is 0 Å². The van der Waals surface area contributed by atoms with Crippen LogP contribution < -0.4 is 5.73 Å². The number of halogens is 1. The van der Waals surface area contributed by atoms with Crippen molar-refractivity contribution in [2.45, 2.75) is 32.9 Å². The SMILES string of the molecule is CS(=O)(=O)[N-][C@@H](c1ccccc1)[C@@H](N)c1ccccc1.Cc1cc(C)cc(C)c1.[Cl][Ru+3]. The van der Waals surface area contributed by atoms with E-state index in [-0.39, 0.29) is 0 Å². The summed E-state index contributed by atoms with van der Waals surface area (Å²) in [5, 5.41) is 0. The number of hydrogen-bond donors (Lipinski definition) is 1. The number of sulfonamides is 1. The number of hydrogen-bond acceptors (Lipinski definition) is 3. The van der Waals surface area contributed by atoms with Crippen LogP contribution in [0.2, 0.25) is 0 Å². The predicted octanol–water partition coefficient (Wildman–Crippen LogP) is 6.06. The molecule has 0 amide bonds. The van der Waals surface area contributed by atoms with E-state index in [0.29, 0.717) is 0 Å². The predicted molar refractivity (Wildman–Crippen MR) is 127 cm³/mol. The van der Waals surface area contributed by atoms with Gasteiger partial charge in [-0.15, -0.1) is 0 Å². The van der Waals surface area contributed by atoms with E-state index in [9.17, 15) is 8.42 Å². The molecule has 0 spiro atoms. The van der Waals surface area contributed by atoms with Gasteiger partial charge in [0, 0.05) is 12.3 Å². The average Bonchev–Trinajstić information content (AvgIpc) is 2.73. The molecular formula is C24H29ClN2O2RuS+2. The molecule has 0 radical (unpaired) electrons. The Labute approximate surface area is 201 Å². The fourth-order valence-electron chi connectivity index (χ4n) is 3.25. The van der Waals surface area contributed by atoms with E-state index in [0.717, 1.165) is 17.4 Å². The van der Waals surface area contributed by atoms with Gasteiger partial charge in [-0.3, -0.25) is 0 Å². The average molecular weight is 546 g/mol. The van der Waals surface area contributed by atoms with E-state index in [4.69, 9.17) is 5.73 Å². The topological polar surface area (TPSA) is 74.3 Å². The Bertz CT molecular complexity index is 966. The molecule has 0 aliphatic carbocycles. The first-order valence-corrected chi connectivity index (χ1v) is 13.7. The van der Waals surface area contributed by atoms with Crippen molar-refractivity contribution in [2.75, 3.05) is 6.26 Å². The summed E-state index contributed by atoms with van der Waals surface area (Å²) >= 11 is 1.82. The summed E-state index contributed by atoms with van der Waals surface area (Å²) in [5.41, 5.74) is 11.9. The van der Waals surface area contributed by atoms with Crippen molar-refractivity contribution >= 4 is 19.7 Å². The molecule has 31 heavy (non-hydrogen) atoms. The number of rotatable bonds is 5. The van der Waals surface area contributed by atoms with Crippen LogP contribution in [0.1, 0.15) is 39.9 Å². The van der Waals surface area contributed by atoms with Gasteiger partial charge in [0.25, 0.3) is 0 Å². The number of aryl methyl sites for hydroxylation is 3. The molecule has 0 aliphatic rings. The Balaban J connectivity index is 0.000000365. The van der Waals surface area contributed by atoms with E-state index in [1.165, 1.54) is 16.7 Å². The summed E-state index contributed by atoms with van der Waals surface area (Å²) in [6, 6.07) is 24.1. The fraction of sp³-hybridized carbons (Fsp3) is 0.250. The molecule has 7 heteroatoms. The molecule has 0 aromatic heterocycles. The van der Waals surface area contributed by atoms with Crippen molar-refractivity contribution < 1.29 is 25.7 Å². The second-order valence-electron chi connectivity index (χ2n) is 7.30. The molecule has 3 aromatic rings. The van der Waals surface area contributed by atoms with Crippen molar-refractivity contribution in [3.05, 3.63) is 111 Å². The Morgan fingerprint density at radius 2 is 1.13 bits per heavy atom. The third-order valence-electron chi connectivity index (χ3n) is 4.34. The Kier molecular flexibility index (Phi) is 12.2. The van der Waals surface area contributed by atoms with Crippen LogP contribution >= 0.6 is 9.69 Å². The molecule has 166 valence electrons. The summed E-state index contributed by atoms with van der Waals surface area (Å²) < 4.78 is 27.0. The number of nitrogens with zero attached hydrogens (tertiary/aromatic N) is 1. The first-order valence-electron chi connectivity index (χ1n) is 9.61. The van der Waals surface area contributed by atoms with Crippen LogP contribution in [0, 0.1) is 20.8 Å². The summed E-state index contributed by atoms with van der Waals surface area (Å²) in [4.78, 5) is 0. The number of nitrogens with two attached hydrogens (primary N) is 1. The van der Waals surface area contributed by atoms with Crippen LogP contribution in [0.15, 0.2) is 78.9 Å². The van der Waals surface area contributed by atoms with Crippen molar-refractivity contribution in [1.82, 2.24) is 0 Å². The molecule has 0 bridgehead atoms. The third-order valence-corrected chi connectivity index (χ3v) is 4.95. The van der Waals surface area contributed by atoms with Gasteiger partial charge in [-0.05, 0) is 26.3 Å². The number of benzene rings is 3. The first-order chi connectivity index (χ1) is 14.7. The first kappa shape index (κ1) is 27.5. The van der Waals surface area contributed by atoms with E-state index in [1.807, 2.05) is 78.0 Å². The monoisotopic (exact) mass is 546 g/mol. The van der Waals surface area contributed by atoms with Crippen molar-refractivity contribution in [1.29, 1.82) is 0 Å². The zero-order chi connectivity index (χ0) is 23.4. The molecule has 2 atom stereocenters. The summed E-state index contributed by atoms with van der Waals surface area (Å²) in [5.74, 6) is 0. The molecule has 0 aliphatic heterocycles. The molecule has 3 aromatic carbocycles. The molecular weight excluding hydrogens is 517 g/mol. The van der Waals surface area contributed by atoms with Gasteiger partial charge in [-0.1, -0.05) is 107 Å². The summed E-state index contributed by atoms with van der Waals surface area (Å²) in [6.45, 7) is 6.38. The summed E-state index contributed by atoms with van der Waals surface area (Å²) in [7, 11) is 1.09. The minimum atomic E-state index is -3.48. The van der Waals surface area contributed by atoms with Crippen LogP contribution in [-0.2, 0) is 27.3 Å². The normalized spacial score (nSPS) is 12.5. The molecule has 4 nitrogen and oxygen atoms in total. The van der Waals surface area contributed by atoms with Gasteiger partial charge in [0.1, 0.15) is 0 Å². The van der Waals surface area contributed by atoms with Crippen LogP contribution in [0.4, 0.5) is 0 Å². The Morgan fingerprint density at radius 1 is 0.774 bits per heavy atom. The van der Waals surface area contributed by atoms with Crippen molar-refractivity contribution in [2.24, 2.45) is 5.73 Å². The Morgan fingerprint density at radius 3 is 1.48 bits per heavy atom. The third kappa shape index (κ3) is 10.5. The van der Waals surface area contributed by atoms with Crippen molar-refractivity contribution in [3.63, 3.8) is 0 Å². The molecule has 0 heterocycles. The second kappa shape index (κ2) is 13.8. The van der Waals surface area contributed by atoms with Crippen LogP contribution in [0.25, 0.3) is 4.72 Å². The van der Waals surface area contributed by atoms with E-state index >= 15 is 0 Å². The molecule has 3 rings (SSSR count). The molecule has 0 unspecified atom stereocenters. The quantitative estimate of drug-likeness (QED) is 0.396. The van der Waals surface area contributed by atoms with E-state index in [2.05, 4.69) is 53.4 Å². The molecule has 2 N–H and O–H groups in total. The zero-order valence-electron chi connectivity index (χ0n) is 18.1. The maximum atomic E-state index is 11.5. The Hall–Kier alpha value is -1.56. The molecule has 0 saturated carbocycles. The fourth-order valence-corrected chi connectivity index (χ4v) is 3.92. The van der Waals surface area contributed by atoms with Gasteiger partial charge in [0.15, 0.2) is 0 Å². The van der Waals surface area contributed by atoms with Gasteiger partial charge >= 0.3 is 27.0 Å². The van der Waals surface area contributed by atoms with Gasteiger partial charge in [-0.2, -0.15) is 0 Å². The molecule has 0 saturated heterocycles. The zero-order valence-corrected chi connectivity index (χ0v) is 21.5. The maximum absolute atomic E-state index is 11.5. The van der Waals surface area contributed by atoms with Gasteiger partial charge in [0.05, 0.1) is 10.0 Å². The standard InChI is InChI=1S/C15H17N2O2S.C9H12.ClH.Ru/c1-20(18,19)17-15(13-10-6-3-7-11-13)14(16)12-8-4-2-5-9-12;1-7-4-8(2)6-9(3)5-7;;/h2-11,14-15H,16H2,1H3;4-6H,1-3H3;1H;/q-1;;;+4/p-1/t14-,15-;;;/m0.../s1. The van der Waals surface area contributed by atoms with Gasteiger partial charge in [0.2, 0.25) is 0 Å². The van der Waals surface area contributed by atoms with Crippen LogP contribution in [0.5, 0.6) is 0 Å². The van der Waals surface area contributed by atoms with Crippen LogP contribution in [-0.4, -0.2) is 14.7 Å². The van der Waals surface area contributed by atoms with Gasteiger partial charge in [-0.25, -0.2) is 8.42 Å².